The summed E-state index contributed by atoms with van der Waals surface area (Å²) in [6.45, 7) is 9.31. The van der Waals surface area contributed by atoms with E-state index in [0.29, 0.717) is 6.54 Å². The van der Waals surface area contributed by atoms with Crippen molar-refractivity contribution < 1.29 is 14.3 Å². The molecule has 3 unspecified atom stereocenters. The molecule has 0 aliphatic carbocycles. The summed E-state index contributed by atoms with van der Waals surface area (Å²) in [6, 6.07) is -0.184. The van der Waals surface area contributed by atoms with E-state index in [9.17, 15) is 9.59 Å². The number of carbonyl (C=O) groups is 2. The highest BCUT2D eigenvalue weighted by atomic mass is 16.5. The Morgan fingerprint density at radius 1 is 1.35 bits per heavy atom. The number of carbonyl (C=O) groups excluding carboxylic acids is 2. The van der Waals surface area contributed by atoms with E-state index >= 15 is 0 Å². The summed E-state index contributed by atoms with van der Waals surface area (Å²) in [5.74, 6) is -0.154. The summed E-state index contributed by atoms with van der Waals surface area (Å²) in [4.78, 5) is 23.9. The first-order chi connectivity index (χ1) is 11.0. The topological polar surface area (TPSA) is 67.4 Å². The Kier molecular flexibility index (Phi) is 8.62. The molecule has 1 fully saturated rings. The fraction of sp³-hybridized carbons (Fsp3) is 0.667. The van der Waals surface area contributed by atoms with Crippen molar-refractivity contribution >= 4 is 11.9 Å². The zero-order valence-corrected chi connectivity index (χ0v) is 14.7. The Hall–Kier alpha value is -1.62. The quantitative estimate of drug-likeness (QED) is 0.408. The summed E-state index contributed by atoms with van der Waals surface area (Å²) in [6.07, 6.45) is 8.70. The van der Waals surface area contributed by atoms with Gasteiger partial charge in [-0.1, -0.05) is 39.0 Å². The lowest BCUT2D eigenvalue weighted by Crippen LogP contribution is -2.38. The molecule has 0 aromatic carbocycles. The Bertz CT molecular complexity index is 438. The Morgan fingerprint density at radius 3 is 2.65 bits per heavy atom. The molecule has 130 valence electrons. The van der Waals surface area contributed by atoms with Gasteiger partial charge in [-0.05, 0) is 38.3 Å². The van der Waals surface area contributed by atoms with E-state index in [-0.39, 0.29) is 35.9 Å². The van der Waals surface area contributed by atoms with E-state index in [2.05, 4.69) is 10.6 Å². The second-order valence-corrected chi connectivity index (χ2v) is 6.33. The van der Waals surface area contributed by atoms with Crippen LogP contribution in [0.4, 0.5) is 0 Å². The van der Waals surface area contributed by atoms with Crippen LogP contribution >= 0.6 is 0 Å². The van der Waals surface area contributed by atoms with Gasteiger partial charge in [0, 0.05) is 12.5 Å². The van der Waals surface area contributed by atoms with Crippen molar-refractivity contribution in [2.75, 3.05) is 13.1 Å². The zero-order valence-electron chi connectivity index (χ0n) is 14.7. The van der Waals surface area contributed by atoms with Crippen molar-refractivity contribution in [3.05, 3.63) is 24.3 Å². The molecule has 1 aliphatic rings. The van der Waals surface area contributed by atoms with Crippen molar-refractivity contribution in [1.82, 2.24) is 10.6 Å². The van der Waals surface area contributed by atoms with Gasteiger partial charge in [0.25, 0.3) is 0 Å². The molecule has 2 N–H and O–H groups in total. The van der Waals surface area contributed by atoms with Crippen molar-refractivity contribution in [3.8, 4) is 0 Å². The Balaban J connectivity index is 2.54. The monoisotopic (exact) mass is 322 g/mol. The molecule has 0 radical (unpaired) electrons. The van der Waals surface area contributed by atoms with E-state index < -0.39 is 0 Å². The van der Waals surface area contributed by atoms with Gasteiger partial charge >= 0.3 is 5.97 Å². The SMILES string of the molecule is C/C=C/CNC(=O)/C=C/C(C)C(OC(=O)C1CCCN1)C(C)C. The minimum atomic E-state index is -0.232. The molecular formula is C18H30N2O3. The Labute approximate surface area is 139 Å². The zero-order chi connectivity index (χ0) is 17.2. The number of nitrogens with one attached hydrogen (secondary N) is 2. The van der Waals surface area contributed by atoms with E-state index in [1.54, 1.807) is 0 Å². The molecule has 1 rings (SSSR count). The molecule has 0 saturated carbocycles. The highest BCUT2D eigenvalue weighted by Gasteiger charge is 2.29. The minimum absolute atomic E-state index is 0.0205. The fourth-order valence-electron chi connectivity index (χ4n) is 2.64. The van der Waals surface area contributed by atoms with Crippen molar-refractivity contribution in [2.45, 2.75) is 52.7 Å². The molecule has 1 saturated heterocycles. The average molecular weight is 322 g/mol. The molecule has 3 atom stereocenters. The number of esters is 1. The number of hydrogen-bond donors (Lipinski definition) is 2. The second kappa shape index (κ2) is 10.2. The molecule has 23 heavy (non-hydrogen) atoms. The number of amides is 1. The highest BCUT2D eigenvalue weighted by molar-refractivity contribution is 5.87. The number of ether oxygens (including phenoxy) is 1. The van der Waals surface area contributed by atoms with Gasteiger partial charge in [0.2, 0.25) is 5.91 Å². The van der Waals surface area contributed by atoms with Gasteiger partial charge in [0.15, 0.2) is 0 Å². The summed E-state index contributed by atoms with van der Waals surface area (Å²) >= 11 is 0. The summed E-state index contributed by atoms with van der Waals surface area (Å²) < 4.78 is 5.69. The third-order valence-electron chi connectivity index (χ3n) is 3.95. The first-order valence-corrected chi connectivity index (χ1v) is 8.46. The maximum absolute atomic E-state index is 12.2. The predicted octanol–water partition coefficient (Wildman–Crippen LogP) is 2.19. The van der Waals surface area contributed by atoms with E-state index in [1.165, 1.54) is 6.08 Å². The van der Waals surface area contributed by atoms with Crippen LogP contribution in [0.25, 0.3) is 0 Å². The molecule has 0 bridgehead atoms. The van der Waals surface area contributed by atoms with Crippen molar-refractivity contribution in [1.29, 1.82) is 0 Å². The molecule has 0 aromatic heterocycles. The van der Waals surface area contributed by atoms with Crippen molar-refractivity contribution in [2.24, 2.45) is 11.8 Å². The van der Waals surface area contributed by atoms with Crippen LogP contribution < -0.4 is 10.6 Å². The minimum Gasteiger partial charge on any atom is -0.460 e. The number of allylic oxidation sites excluding steroid dienone is 1. The third-order valence-corrected chi connectivity index (χ3v) is 3.95. The lowest BCUT2D eigenvalue weighted by atomic mass is 9.94. The molecule has 5 heteroatoms. The maximum atomic E-state index is 12.2. The van der Waals surface area contributed by atoms with Gasteiger partial charge in [0.1, 0.15) is 12.1 Å². The summed E-state index contributed by atoms with van der Waals surface area (Å²) in [7, 11) is 0. The van der Waals surface area contributed by atoms with Crippen LogP contribution in [0.3, 0.4) is 0 Å². The molecule has 1 aliphatic heterocycles. The molecule has 1 heterocycles. The standard InChI is InChI=1S/C18H30N2O3/c1-5-6-11-20-16(21)10-9-14(4)17(13(2)3)23-18(22)15-8-7-12-19-15/h5-6,9-10,13-15,17,19H,7-8,11-12H2,1-4H3,(H,20,21)/b6-5+,10-9+. The second-order valence-electron chi connectivity index (χ2n) is 6.33. The smallest absolute Gasteiger partial charge is 0.323 e. The highest BCUT2D eigenvalue weighted by Crippen LogP contribution is 2.20. The van der Waals surface area contributed by atoms with Gasteiger partial charge in [-0.15, -0.1) is 0 Å². The lowest BCUT2D eigenvalue weighted by Gasteiger charge is -2.27. The molecule has 5 nitrogen and oxygen atoms in total. The summed E-state index contributed by atoms with van der Waals surface area (Å²) in [5, 5.41) is 5.92. The van der Waals surface area contributed by atoms with E-state index in [0.717, 1.165) is 19.4 Å². The van der Waals surface area contributed by atoms with Crippen LogP contribution in [0.2, 0.25) is 0 Å². The molecular weight excluding hydrogens is 292 g/mol. The van der Waals surface area contributed by atoms with Crippen molar-refractivity contribution in [3.63, 3.8) is 0 Å². The maximum Gasteiger partial charge on any atom is 0.323 e. The van der Waals surface area contributed by atoms with Gasteiger partial charge < -0.3 is 15.4 Å². The molecule has 0 spiro atoms. The lowest BCUT2D eigenvalue weighted by molar-refractivity contribution is -0.155. The normalized spacial score (nSPS) is 21.0. The van der Waals surface area contributed by atoms with Crippen LogP contribution in [0, 0.1) is 11.8 Å². The van der Waals surface area contributed by atoms with Crippen LogP contribution in [-0.2, 0) is 14.3 Å². The van der Waals surface area contributed by atoms with Gasteiger partial charge in [-0.3, -0.25) is 9.59 Å². The molecule has 0 aromatic rings. The predicted molar refractivity (Wildman–Crippen MR) is 91.9 cm³/mol. The average Bonchev–Trinajstić information content (AvgIpc) is 3.04. The number of hydrogen-bond acceptors (Lipinski definition) is 4. The van der Waals surface area contributed by atoms with Crippen LogP contribution in [0.1, 0.15) is 40.5 Å². The van der Waals surface area contributed by atoms with E-state index in [1.807, 2.05) is 45.9 Å². The van der Waals surface area contributed by atoms with E-state index in [4.69, 9.17) is 4.74 Å². The molecule has 1 amide bonds. The van der Waals surface area contributed by atoms with Gasteiger partial charge in [-0.25, -0.2) is 0 Å². The Morgan fingerprint density at radius 2 is 2.09 bits per heavy atom. The summed E-state index contributed by atoms with van der Waals surface area (Å²) in [5.41, 5.74) is 0. The van der Waals surface area contributed by atoms with Gasteiger partial charge in [-0.2, -0.15) is 0 Å². The van der Waals surface area contributed by atoms with Gasteiger partial charge in [0.05, 0.1) is 0 Å². The third kappa shape index (κ3) is 6.99. The van der Waals surface area contributed by atoms with Crippen LogP contribution in [-0.4, -0.2) is 37.1 Å². The first kappa shape index (κ1) is 19.4. The van der Waals surface area contributed by atoms with Crippen LogP contribution in [0.15, 0.2) is 24.3 Å². The number of rotatable bonds is 8. The fourth-order valence-corrected chi connectivity index (χ4v) is 2.64. The largest absolute Gasteiger partial charge is 0.460 e. The first-order valence-electron chi connectivity index (χ1n) is 8.46. The van der Waals surface area contributed by atoms with Crippen LogP contribution in [0.5, 0.6) is 0 Å².